The van der Waals surface area contributed by atoms with Crippen LogP contribution >= 0.6 is 0 Å². The summed E-state index contributed by atoms with van der Waals surface area (Å²) in [7, 11) is 2.94. The van der Waals surface area contributed by atoms with Crippen LogP contribution in [0.1, 0.15) is 114 Å². The number of esters is 3. The van der Waals surface area contributed by atoms with E-state index in [9.17, 15) is 24.3 Å². The predicted molar refractivity (Wildman–Crippen MR) is 359 cm³/mol. The van der Waals surface area contributed by atoms with Gasteiger partial charge in [-0.1, -0.05) is 211 Å². The highest BCUT2D eigenvalue weighted by molar-refractivity contribution is 6.02. The van der Waals surface area contributed by atoms with Gasteiger partial charge in [0.1, 0.15) is 37.9 Å². The first-order valence-corrected chi connectivity index (χ1v) is 29.7. The predicted octanol–water partition coefficient (Wildman–Crippen LogP) is 15.7. The Morgan fingerprint density at radius 3 is 1.31 bits per heavy atom. The lowest BCUT2D eigenvalue weighted by Crippen LogP contribution is -2.39. The second kappa shape index (κ2) is 43.9. The molecule has 90 heavy (non-hydrogen) atoms. The van der Waals surface area contributed by atoms with E-state index in [-0.39, 0.29) is 31.1 Å². The average Bonchev–Trinajstić information content (AvgIpc) is 0.863. The van der Waals surface area contributed by atoms with Crippen LogP contribution in [0.25, 0.3) is 18.2 Å². The van der Waals surface area contributed by atoms with Crippen LogP contribution in [0.4, 0.5) is 0 Å². The molecule has 0 radical (unpaired) electrons. The summed E-state index contributed by atoms with van der Waals surface area (Å²) in [5, 5.41) is 10.6. The number of pyridine rings is 2. The van der Waals surface area contributed by atoms with Gasteiger partial charge in [0.2, 0.25) is 5.78 Å². The summed E-state index contributed by atoms with van der Waals surface area (Å²) in [5.41, 5.74) is 9.24. The lowest BCUT2D eigenvalue weighted by molar-refractivity contribution is -0.176. The first kappa shape index (κ1) is 74.7. The number of carbonyl (C=O) groups is 4. The summed E-state index contributed by atoms with van der Waals surface area (Å²) >= 11 is 0. The molecule has 0 aliphatic rings. The molecule has 0 spiro atoms. The van der Waals surface area contributed by atoms with Crippen molar-refractivity contribution in [3.05, 3.63) is 283 Å². The number of ether oxygens (including phenoxy) is 7. The zero-order valence-corrected chi connectivity index (χ0v) is 52.9. The number of methoxy groups -OCH3 is 2. The number of hydrogen-bond donors (Lipinski definition) is 1. The fourth-order valence-electron chi connectivity index (χ4n) is 8.01. The summed E-state index contributed by atoms with van der Waals surface area (Å²) in [4.78, 5) is 53.8. The first-order chi connectivity index (χ1) is 43.6. The minimum atomic E-state index is -1.40. The Bertz CT molecular complexity index is 3140. The molecule has 0 atom stereocenters. The minimum absolute atomic E-state index is 0.0325. The zero-order chi connectivity index (χ0) is 65.8. The maximum absolute atomic E-state index is 12.7. The smallest absolute Gasteiger partial charge is 0.333 e. The molecule has 0 amide bonds. The van der Waals surface area contributed by atoms with Crippen molar-refractivity contribution in [1.82, 2.24) is 9.97 Å². The summed E-state index contributed by atoms with van der Waals surface area (Å²) in [5.74, 6) is -1.34. The topological polar surface area (TPSA) is 179 Å². The Labute approximate surface area is 532 Å². The van der Waals surface area contributed by atoms with E-state index < -0.39 is 17.7 Å². The largest absolute Gasteiger partial charge is 0.487 e. The number of hydrogen-bond acceptors (Lipinski definition) is 14. The SMILES string of the molecule is C=C(C)C(=O)OCCOC(=O)C(=C)C.C=CC(=O)OCCCC.C=Cc1ccc(COc2cccnc2CCCC(O)CCCc2ncccc2OCc2ccc(C=C)cc2)cc1.C=Cc1ccccc1.COC(OC)(C(=O)c1ccccc1)c1ccccc1. The molecule has 14 heteroatoms. The van der Waals surface area contributed by atoms with Crippen LogP contribution in [0.5, 0.6) is 11.5 Å². The van der Waals surface area contributed by atoms with Crippen LogP contribution in [0.3, 0.4) is 0 Å². The molecular formula is C76H88N2O12. The van der Waals surface area contributed by atoms with Crippen molar-refractivity contribution in [1.29, 1.82) is 0 Å². The third-order valence-corrected chi connectivity index (χ3v) is 13.1. The standard InChI is InChI=1S/C35H38N2O3.C16H16O3.C10H14O4.C8H8.C7H12O2/c1-3-27-15-19-29(20-16-27)25-39-34-13-7-23-36-32(34)11-5-9-31(38)10-6-12-33-35(14-8-24-37-33)40-26-30-21-17-28(4-2)18-22-30;1-18-16(19-2,14-11-7-4-8-12-14)15(17)13-9-5-3-6-10-13;1-7(2)9(11)13-5-6-14-10(12)8(3)4;1-2-8-6-4-3-5-7-8;1-3-5-6-9-7(8)4-2/h3-4,7-8,13-24,31,38H,1-2,5-6,9-12,25-26H2;3-12H,1-2H3;1,3,5-6H2,2,4H3;2-7H,1H2;4H,2-3,5-6H2,1H3. The van der Waals surface area contributed by atoms with Crippen molar-refractivity contribution >= 4 is 41.9 Å². The van der Waals surface area contributed by atoms with Crippen molar-refractivity contribution in [2.75, 3.05) is 34.0 Å². The number of Topliss-reactive ketones (excluding diaryl/α,β-unsaturated/α-hetero) is 1. The van der Waals surface area contributed by atoms with E-state index in [0.717, 1.165) is 83.7 Å². The fourth-order valence-corrected chi connectivity index (χ4v) is 8.01. The zero-order valence-electron chi connectivity index (χ0n) is 52.9. The summed E-state index contributed by atoms with van der Waals surface area (Å²) in [6.07, 6.45) is 16.5. The number of nitrogens with zero attached hydrogens (tertiary/aromatic N) is 2. The Balaban J connectivity index is 0.000000347. The summed E-state index contributed by atoms with van der Waals surface area (Å²) in [6.45, 7) is 28.0. The number of carbonyl (C=O) groups excluding carboxylic acids is 4. The Kier molecular flexibility index (Phi) is 36.4. The number of aliphatic hydroxyl groups excluding tert-OH is 1. The van der Waals surface area contributed by atoms with Gasteiger partial charge < -0.3 is 38.3 Å². The molecule has 0 saturated carbocycles. The second-order valence-corrected chi connectivity index (χ2v) is 20.1. The molecule has 0 fully saturated rings. The van der Waals surface area contributed by atoms with Crippen molar-refractivity contribution in [3.8, 4) is 11.5 Å². The molecule has 7 rings (SSSR count). The van der Waals surface area contributed by atoms with Crippen LogP contribution in [0.2, 0.25) is 0 Å². The van der Waals surface area contributed by atoms with E-state index in [0.29, 0.717) is 54.9 Å². The van der Waals surface area contributed by atoms with Crippen LogP contribution in [-0.4, -0.2) is 78.9 Å². The van der Waals surface area contributed by atoms with Gasteiger partial charge in [0.25, 0.3) is 5.79 Å². The highest BCUT2D eigenvalue weighted by Crippen LogP contribution is 2.30. The monoisotopic (exact) mass is 1220 g/mol. The molecule has 14 nitrogen and oxygen atoms in total. The minimum Gasteiger partial charge on any atom is -0.487 e. The number of aromatic nitrogens is 2. The molecular weight excluding hydrogens is 1130 g/mol. The number of aryl methyl sites for hydroxylation is 2. The second-order valence-electron chi connectivity index (χ2n) is 20.1. The van der Waals surface area contributed by atoms with E-state index >= 15 is 0 Å². The number of benzene rings is 5. The number of rotatable bonds is 31. The highest BCUT2D eigenvalue weighted by Gasteiger charge is 2.41. The van der Waals surface area contributed by atoms with Crippen molar-refractivity contribution < 1.29 is 57.4 Å². The van der Waals surface area contributed by atoms with Crippen LogP contribution < -0.4 is 9.47 Å². The average molecular weight is 1220 g/mol. The van der Waals surface area contributed by atoms with E-state index in [1.54, 1.807) is 38.4 Å². The Hall–Kier alpha value is -9.60. The van der Waals surface area contributed by atoms with Crippen molar-refractivity contribution in [2.24, 2.45) is 0 Å². The summed E-state index contributed by atoms with van der Waals surface area (Å²) in [6, 6.07) is 52.2. The molecule has 0 aliphatic carbocycles. The third kappa shape index (κ3) is 28.5. The molecule has 0 unspecified atom stereocenters. The molecule has 1 N–H and O–H groups in total. The van der Waals surface area contributed by atoms with E-state index in [2.05, 4.69) is 63.7 Å². The van der Waals surface area contributed by atoms with Crippen molar-refractivity contribution in [2.45, 2.75) is 97.2 Å². The fraction of sp³-hybridized carbons (Fsp3) is 0.263. The maximum Gasteiger partial charge on any atom is 0.333 e. The molecule has 2 aromatic heterocycles. The van der Waals surface area contributed by atoms with Gasteiger partial charge in [-0.05, 0) is 111 Å². The van der Waals surface area contributed by atoms with E-state index in [1.165, 1.54) is 25.9 Å². The molecule has 0 aliphatic heterocycles. The van der Waals surface area contributed by atoms with Crippen LogP contribution in [0.15, 0.2) is 233 Å². The van der Waals surface area contributed by atoms with Crippen LogP contribution in [0, 0.1) is 0 Å². The quantitative estimate of drug-likeness (QED) is 0.0108. The van der Waals surface area contributed by atoms with E-state index in [4.69, 9.17) is 18.9 Å². The summed E-state index contributed by atoms with van der Waals surface area (Å²) < 4.78 is 37.0. The number of unbranched alkanes of at least 4 members (excludes halogenated alkanes) is 1. The Morgan fingerprint density at radius 1 is 0.522 bits per heavy atom. The lowest BCUT2D eigenvalue weighted by atomic mass is 9.96. The first-order valence-electron chi connectivity index (χ1n) is 29.7. The molecule has 7 aromatic rings. The van der Waals surface area contributed by atoms with E-state index in [1.807, 2.05) is 177 Å². The van der Waals surface area contributed by atoms with Gasteiger partial charge in [-0.15, -0.1) is 0 Å². The van der Waals surface area contributed by atoms with Gasteiger partial charge in [-0.3, -0.25) is 14.8 Å². The Morgan fingerprint density at radius 2 is 0.933 bits per heavy atom. The normalized spacial score (nSPS) is 10.2. The van der Waals surface area contributed by atoms with Crippen molar-refractivity contribution in [3.63, 3.8) is 0 Å². The molecule has 0 bridgehead atoms. The van der Waals surface area contributed by atoms with Gasteiger partial charge in [0.05, 0.1) is 24.1 Å². The molecule has 474 valence electrons. The lowest BCUT2D eigenvalue weighted by Gasteiger charge is -2.29. The van der Waals surface area contributed by atoms with Gasteiger partial charge in [-0.25, -0.2) is 14.4 Å². The molecule has 2 heterocycles. The highest BCUT2D eigenvalue weighted by atomic mass is 16.7. The maximum atomic E-state index is 12.7. The van der Waals surface area contributed by atoms with Gasteiger partial charge in [0.15, 0.2) is 0 Å². The van der Waals surface area contributed by atoms with Crippen LogP contribution in [-0.2, 0) is 69.9 Å². The third-order valence-electron chi connectivity index (χ3n) is 13.1. The number of ketones is 1. The van der Waals surface area contributed by atoms with Gasteiger partial charge in [0, 0.05) is 55.0 Å². The van der Waals surface area contributed by atoms with Gasteiger partial charge >= 0.3 is 17.9 Å². The number of aliphatic hydroxyl groups is 1. The molecule has 0 saturated heterocycles. The van der Waals surface area contributed by atoms with Gasteiger partial charge in [-0.2, -0.15) is 0 Å². The molecule has 5 aromatic carbocycles.